The molecule has 0 saturated heterocycles. The van der Waals surface area contributed by atoms with E-state index < -0.39 is 0 Å². The predicted molar refractivity (Wildman–Crippen MR) is 155 cm³/mol. The second-order valence-corrected chi connectivity index (χ2v) is 11.8. The number of hydrogen-bond acceptors (Lipinski definition) is 3. The first-order valence-corrected chi connectivity index (χ1v) is 14.0. The van der Waals surface area contributed by atoms with Crippen LogP contribution in [0.15, 0.2) is 121 Å². The zero-order chi connectivity index (χ0) is 23.2. The van der Waals surface area contributed by atoms with Crippen LogP contribution in [-0.4, -0.2) is 0 Å². The van der Waals surface area contributed by atoms with Crippen molar-refractivity contribution in [2.24, 2.45) is 0 Å². The van der Waals surface area contributed by atoms with Gasteiger partial charge in [0.15, 0.2) is 0 Å². The maximum Gasteiger partial charge on any atom is 0.0449 e. The second kappa shape index (κ2) is 8.62. The van der Waals surface area contributed by atoms with E-state index in [1.165, 1.54) is 62.6 Å². The molecule has 3 aromatic rings. The summed E-state index contributed by atoms with van der Waals surface area (Å²) in [5, 5.41) is 0. The minimum Gasteiger partial charge on any atom is -0.134 e. The van der Waals surface area contributed by atoms with Gasteiger partial charge < -0.3 is 0 Å². The van der Waals surface area contributed by atoms with Crippen LogP contribution in [0.5, 0.6) is 0 Å². The zero-order valence-electron chi connectivity index (χ0n) is 18.8. The van der Waals surface area contributed by atoms with Gasteiger partial charge in [-0.15, -0.1) is 34.0 Å². The molecule has 0 unspecified atom stereocenters. The molecule has 3 aromatic heterocycles. The lowest BCUT2D eigenvalue weighted by atomic mass is 10.1. The lowest BCUT2D eigenvalue weighted by molar-refractivity contribution is 1.81. The summed E-state index contributed by atoms with van der Waals surface area (Å²) in [6.07, 6.45) is 0. The average Bonchev–Trinajstić information content (AvgIpc) is 3.68. The summed E-state index contributed by atoms with van der Waals surface area (Å²) in [6, 6.07) is 44.0. The van der Waals surface area contributed by atoms with Crippen molar-refractivity contribution in [1.82, 2.24) is 0 Å². The van der Waals surface area contributed by atoms with Gasteiger partial charge in [0, 0.05) is 29.3 Å². The van der Waals surface area contributed by atoms with Crippen LogP contribution >= 0.6 is 34.0 Å². The Kier molecular flexibility index (Phi) is 5.13. The van der Waals surface area contributed by atoms with Crippen molar-refractivity contribution in [2.45, 2.75) is 0 Å². The Balaban J connectivity index is 1.18. The standard InChI is InChI=1S/C32H20S3/c1-3-7-21-11-13-25(23(21)9-5-1)27-15-17-29(33-27)31-19-20-32(35-31)30-18-16-28(34-30)26-14-12-22-8-4-2-6-10-24(22)26/h1-20H. The van der Waals surface area contributed by atoms with E-state index >= 15 is 0 Å². The van der Waals surface area contributed by atoms with Crippen LogP contribution in [0.25, 0.3) is 62.6 Å². The van der Waals surface area contributed by atoms with Gasteiger partial charge in [0.25, 0.3) is 0 Å². The molecule has 0 radical (unpaired) electrons. The van der Waals surface area contributed by atoms with Crippen LogP contribution in [0.4, 0.5) is 0 Å². The molecule has 7 rings (SSSR count). The van der Waals surface area contributed by atoms with Crippen LogP contribution in [0.2, 0.25) is 0 Å². The molecule has 0 atom stereocenters. The van der Waals surface area contributed by atoms with Gasteiger partial charge in [-0.1, -0.05) is 84.9 Å². The van der Waals surface area contributed by atoms with Gasteiger partial charge in [0.05, 0.1) is 0 Å². The Morgan fingerprint density at radius 2 is 0.629 bits per heavy atom. The molecule has 0 N–H and O–H groups in total. The molecule has 4 aliphatic carbocycles. The van der Waals surface area contributed by atoms with E-state index in [0.29, 0.717) is 0 Å². The van der Waals surface area contributed by atoms with Crippen LogP contribution < -0.4 is 0 Å². The molecule has 0 nitrogen and oxygen atoms in total. The maximum absolute atomic E-state index is 2.27. The van der Waals surface area contributed by atoms with Crippen LogP contribution in [0, 0.1) is 0 Å². The second-order valence-electron chi connectivity index (χ2n) is 8.55. The summed E-state index contributed by atoms with van der Waals surface area (Å²) < 4.78 is 0. The monoisotopic (exact) mass is 500 g/mol. The minimum atomic E-state index is 1.29. The Bertz CT molecular complexity index is 1580. The molecule has 166 valence electrons. The van der Waals surface area contributed by atoms with Gasteiger partial charge in [0.1, 0.15) is 0 Å². The smallest absolute Gasteiger partial charge is 0.0449 e. The Morgan fingerprint density at radius 3 is 1.09 bits per heavy atom. The topological polar surface area (TPSA) is 0 Å². The molecule has 0 aromatic carbocycles. The lowest BCUT2D eigenvalue weighted by Crippen LogP contribution is -1.70. The number of hydrogen-bond donors (Lipinski definition) is 0. The van der Waals surface area contributed by atoms with Crippen molar-refractivity contribution in [3.05, 3.63) is 121 Å². The highest BCUT2D eigenvalue weighted by Gasteiger charge is 2.16. The molecule has 0 bridgehead atoms. The highest BCUT2D eigenvalue weighted by molar-refractivity contribution is 7.28. The highest BCUT2D eigenvalue weighted by atomic mass is 32.1. The number of rotatable bonds is 4. The third-order valence-electron chi connectivity index (χ3n) is 6.42. The first-order chi connectivity index (χ1) is 17.3. The van der Waals surface area contributed by atoms with E-state index in [9.17, 15) is 0 Å². The fraction of sp³-hybridized carbons (Fsp3) is 0. The van der Waals surface area contributed by atoms with Crippen molar-refractivity contribution >= 4 is 34.0 Å². The normalized spacial score (nSPS) is 11.4. The molecular formula is C32H20S3. The molecular weight excluding hydrogens is 481 g/mol. The van der Waals surface area contributed by atoms with E-state index in [1.54, 1.807) is 0 Å². The third-order valence-corrected chi connectivity index (χ3v) is 10.1. The van der Waals surface area contributed by atoms with Crippen molar-refractivity contribution in [1.29, 1.82) is 0 Å². The molecule has 0 aliphatic heterocycles. The van der Waals surface area contributed by atoms with E-state index in [1.807, 2.05) is 34.0 Å². The SMILES string of the molecule is c1ccc2ccc(-c3ccc(-c4ccc(-c5ccc(-c6ccc7cccccc6-7)s5)s4)s3)c-2cc1. The number of thiophene rings is 3. The zero-order valence-corrected chi connectivity index (χ0v) is 21.2. The van der Waals surface area contributed by atoms with Crippen LogP contribution in [-0.2, 0) is 0 Å². The van der Waals surface area contributed by atoms with E-state index in [-0.39, 0.29) is 0 Å². The molecule has 0 spiro atoms. The summed E-state index contributed by atoms with van der Waals surface area (Å²) in [6.45, 7) is 0. The Hall–Kier alpha value is -3.50. The Morgan fingerprint density at radius 1 is 0.257 bits per heavy atom. The van der Waals surface area contributed by atoms with Crippen molar-refractivity contribution in [3.8, 4) is 62.6 Å². The minimum absolute atomic E-state index is 1.29. The van der Waals surface area contributed by atoms with Gasteiger partial charge >= 0.3 is 0 Å². The molecule has 3 heteroatoms. The van der Waals surface area contributed by atoms with Gasteiger partial charge in [-0.25, -0.2) is 0 Å². The van der Waals surface area contributed by atoms with Crippen molar-refractivity contribution in [2.75, 3.05) is 0 Å². The molecule has 0 saturated carbocycles. The first-order valence-electron chi connectivity index (χ1n) is 11.6. The number of fused-ring (bicyclic) bond motifs is 2. The highest BCUT2D eigenvalue weighted by Crippen LogP contribution is 2.46. The fourth-order valence-corrected chi connectivity index (χ4v) is 7.97. The average molecular weight is 501 g/mol. The van der Waals surface area contributed by atoms with Crippen LogP contribution in [0.1, 0.15) is 0 Å². The molecule has 35 heavy (non-hydrogen) atoms. The van der Waals surface area contributed by atoms with Crippen molar-refractivity contribution < 1.29 is 0 Å². The summed E-state index contributed by atoms with van der Waals surface area (Å²) in [5.74, 6) is 0. The summed E-state index contributed by atoms with van der Waals surface area (Å²) in [5.41, 5.74) is 7.85. The molecule has 3 heterocycles. The maximum atomic E-state index is 2.27. The summed E-state index contributed by atoms with van der Waals surface area (Å²) in [7, 11) is 0. The third kappa shape index (κ3) is 3.73. The van der Waals surface area contributed by atoms with Gasteiger partial charge in [-0.05, 0) is 69.8 Å². The lowest BCUT2D eigenvalue weighted by Gasteiger charge is -1.98. The van der Waals surface area contributed by atoms with E-state index in [4.69, 9.17) is 0 Å². The van der Waals surface area contributed by atoms with Crippen LogP contribution in [0.3, 0.4) is 0 Å². The Labute approximate surface area is 217 Å². The van der Waals surface area contributed by atoms with E-state index in [0.717, 1.165) is 0 Å². The molecule has 0 fully saturated rings. The quantitative estimate of drug-likeness (QED) is 0.225. The first kappa shape index (κ1) is 20.8. The van der Waals surface area contributed by atoms with E-state index in [2.05, 4.69) is 121 Å². The van der Waals surface area contributed by atoms with Gasteiger partial charge in [0.2, 0.25) is 0 Å². The fourth-order valence-electron chi connectivity index (χ4n) is 4.69. The molecule has 4 aliphatic rings. The predicted octanol–water partition coefficient (Wildman–Crippen LogP) is 10.7. The van der Waals surface area contributed by atoms with Gasteiger partial charge in [-0.3, -0.25) is 0 Å². The van der Waals surface area contributed by atoms with Gasteiger partial charge in [-0.2, -0.15) is 0 Å². The molecule has 0 amide bonds. The summed E-state index contributed by atoms with van der Waals surface area (Å²) >= 11 is 5.65. The largest absolute Gasteiger partial charge is 0.134 e. The van der Waals surface area contributed by atoms with Crippen molar-refractivity contribution in [3.63, 3.8) is 0 Å². The summed E-state index contributed by atoms with van der Waals surface area (Å²) in [4.78, 5) is 7.97.